The Labute approximate surface area is 123 Å². The Morgan fingerprint density at radius 2 is 1.90 bits per heavy atom. The summed E-state index contributed by atoms with van der Waals surface area (Å²) < 4.78 is 0. The van der Waals surface area contributed by atoms with Crippen molar-refractivity contribution < 1.29 is 0 Å². The third kappa shape index (κ3) is 2.91. The van der Waals surface area contributed by atoms with Crippen molar-refractivity contribution in [2.75, 3.05) is 13.1 Å². The first-order valence-corrected chi connectivity index (χ1v) is 8.30. The minimum atomic E-state index is 0.165. The molecule has 1 aliphatic heterocycles. The van der Waals surface area contributed by atoms with Crippen molar-refractivity contribution in [3.05, 3.63) is 35.9 Å². The summed E-state index contributed by atoms with van der Waals surface area (Å²) in [7, 11) is 0. The number of rotatable bonds is 4. The van der Waals surface area contributed by atoms with Gasteiger partial charge in [-0.15, -0.1) is 0 Å². The van der Waals surface area contributed by atoms with Crippen LogP contribution in [0, 0.1) is 11.8 Å². The summed E-state index contributed by atoms with van der Waals surface area (Å²) in [6, 6.07) is 11.6. The highest BCUT2D eigenvalue weighted by Gasteiger charge is 2.35. The van der Waals surface area contributed by atoms with E-state index in [1.165, 1.54) is 44.2 Å². The van der Waals surface area contributed by atoms with E-state index in [1.54, 1.807) is 0 Å². The van der Waals surface area contributed by atoms with Crippen molar-refractivity contribution in [1.82, 2.24) is 4.90 Å². The molecule has 2 N–H and O–H groups in total. The van der Waals surface area contributed by atoms with Crippen LogP contribution in [0.4, 0.5) is 0 Å². The fourth-order valence-electron chi connectivity index (χ4n) is 4.27. The molecule has 0 radical (unpaired) electrons. The van der Waals surface area contributed by atoms with E-state index in [1.807, 2.05) is 0 Å². The molecule has 20 heavy (non-hydrogen) atoms. The van der Waals surface area contributed by atoms with Crippen LogP contribution >= 0.6 is 0 Å². The second-order valence-electron chi connectivity index (χ2n) is 6.81. The van der Waals surface area contributed by atoms with Gasteiger partial charge in [0.15, 0.2) is 0 Å². The Morgan fingerprint density at radius 3 is 2.70 bits per heavy atom. The molecule has 0 spiro atoms. The lowest BCUT2D eigenvalue weighted by Crippen LogP contribution is -2.45. The molecule has 110 valence electrons. The number of fused-ring (bicyclic) bond motifs is 1. The molecule has 2 fully saturated rings. The number of hydrogen-bond donors (Lipinski definition) is 1. The predicted octanol–water partition coefficient (Wildman–Crippen LogP) is 3.59. The topological polar surface area (TPSA) is 29.3 Å². The number of nitrogens with two attached hydrogens (primary N) is 1. The van der Waals surface area contributed by atoms with Gasteiger partial charge in [-0.1, -0.05) is 43.7 Å². The Hall–Kier alpha value is -0.860. The molecule has 1 aromatic carbocycles. The molecular formula is C18H28N2. The summed E-state index contributed by atoms with van der Waals surface area (Å²) >= 11 is 0. The Bertz CT molecular complexity index is 417. The molecule has 1 heterocycles. The van der Waals surface area contributed by atoms with Gasteiger partial charge >= 0.3 is 0 Å². The number of likely N-dealkylation sites (tertiary alicyclic amines) is 1. The smallest absolute Gasteiger partial charge is 0.0333 e. The van der Waals surface area contributed by atoms with E-state index in [4.69, 9.17) is 5.73 Å². The van der Waals surface area contributed by atoms with Gasteiger partial charge in [0, 0.05) is 18.6 Å². The zero-order chi connectivity index (χ0) is 13.9. The first-order chi connectivity index (χ1) is 9.75. The van der Waals surface area contributed by atoms with E-state index >= 15 is 0 Å². The van der Waals surface area contributed by atoms with Crippen LogP contribution in [0.5, 0.6) is 0 Å². The van der Waals surface area contributed by atoms with Crippen LogP contribution in [0.2, 0.25) is 0 Å². The Balaban J connectivity index is 1.62. The van der Waals surface area contributed by atoms with Crippen LogP contribution in [0.25, 0.3) is 0 Å². The average molecular weight is 272 g/mol. The minimum Gasteiger partial charge on any atom is -0.324 e. The minimum absolute atomic E-state index is 0.165. The lowest BCUT2D eigenvalue weighted by molar-refractivity contribution is 0.0925. The van der Waals surface area contributed by atoms with E-state index < -0.39 is 0 Å². The summed E-state index contributed by atoms with van der Waals surface area (Å²) in [4.78, 5) is 2.74. The highest BCUT2D eigenvalue weighted by molar-refractivity contribution is 5.19. The van der Waals surface area contributed by atoms with Crippen molar-refractivity contribution >= 4 is 0 Å². The van der Waals surface area contributed by atoms with Gasteiger partial charge < -0.3 is 5.73 Å². The number of benzene rings is 1. The first kappa shape index (κ1) is 14.1. The summed E-state index contributed by atoms with van der Waals surface area (Å²) in [5.41, 5.74) is 7.74. The third-order valence-electron chi connectivity index (χ3n) is 5.43. The molecule has 2 nitrogen and oxygen atoms in total. The van der Waals surface area contributed by atoms with Gasteiger partial charge in [-0.3, -0.25) is 4.90 Å². The van der Waals surface area contributed by atoms with Gasteiger partial charge in [-0.05, 0) is 49.6 Å². The second-order valence-corrected chi connectivity index (χ2v) is 6.81. The van der Waals surface area contributed by atoms with Crippen molar-refractivity contribution in [1.29, 1.82) is 0 Å². The van der Waals surface area contributed by atoms with Crippen molar-refractivity contribution in [3.8, 4) is 0 Å². The quantitative estimate of drug-likeness (QED) is 0.907. The number of hydrogen-bond acceptors (Lipinski definition) is 2. The molecule has 4 atom stereocenters. The van der Waals surface area contributed by atoms with E-state index in [0.29, 0.717) is 5.92 Å². The molecule has 2 heteroatoms. The van der Waals surface area contributed by atoms with E-state index in [9.17, 15) is 0 Å². The van der Waals surface area contributed by atoms with Crippen LogP contribution < -0.4 is 5.73 Å². The summed E-state index contributed by atoms with van der Waals surface area (Å²) in [6.45, 7) is 4.76. The predicted molar refractivity (Wildman–Crippen MR) is 84.5 cm³/mol. The zero-order valence-corrected chi connectivity index (χ0v) is 12.7. The van der Waals surface area contributed by atoms with Crippen LogP contribution in [0.15, 0.2) is 30.3 Å². The standard InChI is InChI=1S/C18H28N2/c1-14(18(19)16-7-3-2-4-8-16)13-20-12-6-10-15-9-5-11-17(15)20/h2-4,7-8,14-15,17-18H,5-6,9-13,19H2,1H3. The van der Waals surface area contributed by atoms with Gasteiger partial charge in [0.25, 0.3) is 0 Å². The molecule has 2 aliphatic rings. The van der Waals surface area contributed by atoms with E-state index in [0.717, 1.165) is 18.5 Å². The average Bonchev–Trinajstić information content (AvgIpc) is 2.97. The van der Waals surface area contributed by atoms with Crippen LogP contribution in [-0.2, 0) is 0 Å². The third-order valence-corrected chi connectivity index (χ3v) is 5.43. The van der Waals surface area contributed by atoms with Gasteiger partial charge in [0.05, 0.1) is 0 Å². The number of nitrogens with zero attached hydrogens (tertiary/aromatic N) is 1. The highest BCUT2D eigenvalue weighted by atomic mass is 15.2. The van der Waals surface area contributed by atoms with Gasteiger partial charge in [0.1, 0.15) is 0 Å². The highest BCUT2D eigenvalue weighted by Crippen LogP contribution is 2.37. The summed E-state index contributed by atoms with van der Waals surface area (Å²) in [5, 5.41) is 0. The van der Waals surface area contributed by atoms with Crippen LogP contribution in [-0.4, -0.2) is 24.0 Å². The van der Waals surface area contributed by atoms with Crippen LogP contribution in [0.1, 0.15) is 50.6 Å². The largest absolute Gasteiger partial charge is 0.324 e. The molecule has 1 aromatic rings. The van der Waals surface area contributed by atoms with E-state index in [-0.39, 0.29) is 6.04 Å². The molecule has 0 amide bonds. The van der Waals surface area contributed by atoms with Gasteiger partial charge in [0.2, 0.25) is 0 Å². The monoisotopic (exact) mass is 272 g/mol. The molecule has 0 bridgehead atoms. The SMILES string of the molecule is CC(CN1CCCC2CCCC21)C(N)c1ccccc1. The normalized spacial score (nSPS) is 29.9. The van der Waals surface area contributed by atoms with Gasteiger partial charge in [-0.2, -0.15) is 0 Å². The molecule has 0 aromatic heterocycles. The summed E-state index contributed by atoms with van der Waals surface area (Å²) in [5.74, 6) is 1.50. The van der Waals surface area contributed by atoms with Crippen LogP contribution in [0.3, 0.4) is 0 Å². The maximum absolute atomic E-state index is 6.47. The fourth-order valence-corrected chi connectivity index (χ4v) is 4.27. The van der Waals surface area contributed by atoms with Crippen molar-refractivity contribution in [2.45, 2.75) is 51.1 Å². The van der Waals surface area contributed by atoms with Crippen molar-refractivity contribution in [2.24, 2.45) is 17.6 Å². The lowest BCUT2D eigenvalue weighted by Gasteiger charge is -2.40. The summed E-state index contributed by atoms with van der Waals surface area (Å²) in [6.07, 6.45) is 7.15. The molecule has 3 rings (SSSR count). The maximum atomic E-state index is 6.47. The fraction of sp³-hybridized carbons (Fsp3) is 0.667. The Morgan fingerprint density at radius 1 is 1.15 bits per heavy atom. The molecule has 1 aliphatic carbocycles. The molecular weight excluding hydrogens is 244 g/mol. The lowest BCUT2D eigenvalue weighted by atomic mass is 9.89. The van der Waals surface area contributed by atoms with E-state index in [2.05, 4.69) is 42.2 Å². The molecule has 1 saturated heterocycles. The molecule has 4 unspecified atom stereocenters. The first-order valence-electron chi connectivity index (χ1n) is 8.30. The molecule has 1 saturated carbocycles. The number of piperidine rings is 1. The Kier molecular flexibility index (Phi) is 4.42. The zero-order valence-electron chi connectivity index (χ0n) is 12.7. The van der Waals surface area contributed by atoms with Gasteiger partial charge in [-0.25, -0.2) is 0 Å². The maximum Gasteiger partial charge on any atom is 0.0333 e. The van der Waals surface area contributed by atoms with Crippen molar-refractivity contribution in [3.63, 3.8) is 0 Å². The second kappa shape index (κ2) is 6.28.